The lowest BCUT2D eigenvalue weighted by atomic mass is 9.99. The first-order valence-electron chi connectivity index (χ1n) is 7.89. The van der Waals surface area contributed by atoms with Crippen molar-refractivity contribution in [3.63, 3.8) is 0 Å². The van der Waals surface area contributed by atoms with Crippen molar-refractivity contribution in [1.82, 2.24) is 4.98 Å². The van der Waals surface area contributed by atoms with Crippen LogP contribution < -0.4 is 11.5 Å². The van der Waals surface area contributed by atoms with Gasteiger partial charge in [-0.25, -0.2) is 9.37 Å². The van der Waals surface area contributed by atoms with Crippen LogP contribution in [0.5, 0.6) is 0 Å². The van der Waals surface area contributed by atoms with E-state index in [4.69, 9.17) is 11.5 Å². The number of fused-ring (bicyclic) bond motifs is 1. The van der Waals surface area contributed by atoms with Gasteiger partial charge in [-0.2, -0.15) is 0 Å². The minimum Gasteiger partial charge on any atom is -0.397 e. The molecule has 0 bridgehead atoms. The highest BCUT2D eigenvalue weighted by Gasteiger charge is 2.20. The summed E-state index contributed by atoms with van der Waals surface area (Å²) in [5, 5.41) is 0.709. The fraction of sp³-hybridized carbons (Fsp3) is 0. The predicted molar refractivity (Wildman–Crippen MR) is 103 cm³/mol. The van der Waals surface area contributed by atoms with Crippen LogP contribution in [-0.4, -0.2) is 10.9 Å². The highest BCUT2D eigenvalue weighted by Crippen LogP contribution is 2.41. The second-order valence-electron chi connectivity index (χ2n) is 5.82. The molecule has 4 nitrogen and oxygen atoms in total. The number of carbonyl (C=O) groups excluding carboxylic acids is 1. The van der Waals surface area contributed by atoms with Crippen molar-refractivity contribution in [2.75, 3.05) is 5.73 Å². The number of halogens is 1. The molecule has 4 aromatic rings. The fourth-order valence-corrected chi connectivity index (χ4v) is 3.89. The molecule has 0 saturated heterocycles. The Balaban J connectivity index is 2.04. The molecule has 4 rings (SSSR count). The Bertz CT molecular complexity index is 1120. The number of carbonyl (C=O) groups is 1. The minimum absolute atomic E-state index is 0.293. The lowest BCUT2D eigenvalue weighted by Gasteiger charge is -2.09. The first kappa shape index (κ1) is 16.2. The van der Waals surface area contributed by atoms with Crippen LogP contribution in [-0.2, 0) is 0 Å². The van der Waals surface area contributed by atoms with Gasteiger partial charge in [-0.15, -0.1) is 11.3 Å². The van der Waals surface area contributed by atoms with Crippen LogP contribution in [0.2, 0.25) is 0 Å². The molecule has 0 unspecified atom stereocenters. The van der Waals surface area contributed by atoms with Crippen molar-refractivity contribution >= 4 is 33.1 Å². The van der Waals surface area contributed by atoms with Crippen LogP contribution in [0.15, 0.2) is 60.7 Å². The number of aromatic nitrogens is 1. The lowest BCUT2D eigenvalue weighted by molar-refractivity contribution is 0.100. The van der Waals surface area contributed by atoms with E-state index in [9.17, 15) is 9.18 Å². The normalized spacial score (nSPS) is 11.0. The maximum absolute atomic E-state index is 13.3. The highest BCUT2D eigenvalue weighted by atomic mass is 32.1. The summed E-state index contributed by atoms with van der Waals surface area (Å²) in [5.41, 5.74) is 15.3. The van der Waals surface area contributed by atoms with E-state index in [1.54, 1.807) is 12.1 Å². The van der Waals surface area contributed by atoms with Crippen LogP contribution in [0.1, 0.15) is 9.67 Å². The number of hydrogen-bond acceptors (Lipinski definition) is 4. The predicted octanol–water partition coefficient (Wildman–Crippen LogP) is 4.45. The SMILES string of the molecule is NC(=O)c1sc2nc(-c3ccc(F)cc3)cc(-c3ccccc3)c2c1N. The van der Waals surface area contributed by atoms with Gasteiger partial charge in [0, 0.05) is 10.9 Å². The van der Waals surface area contributed by atoms with E-state index >= 15 is 0 Å². The number of benzene rings is 2. The Kier molecular flexibility index (Phi) is 3.89. The molecule has 0 atom stereocenters. The third-order valence-electron chi connectivity index (χ3n) is 4.15. The van der Waals surface area contributed by atoms with Gasteiger partial charge in [0.15, 0.2) is 0 Å². The molecular weight excluding hydrogens is 349 g/mol. The number of nitrogens with zero attached hydrogens (tertiary/aromatic N) is 1. The zero-order chi connectivity index (χ0) is 18.3. The average Bonchev–Trinajstić information content (AvgIpc) is 2.99. The summed E-state index contributed by atoms with van der Waals surface area (Å²) >= 11 is 1.17. The highest BCUT2D eigenvalue weighted by molar-refractivity contribution is 7.21. The molecule has 128 valence electrons. The summed E-state index contributed by atoms with van der Waals surface area (Å²) in [6.45, 7) is 0. The zero-order valence-electron chi connectivity index (χ0n) is 13.6. The van der Waals surface area contributed by atoms with Crippen molar-refractivity contribution in [2.45, 2.75) is 0 Å². The number of rotatable bonds is 3. The molecule has 26 heavy (non-hydrogen) atoms. The molecule has 0 aliphatic rings. The average molecular weight is 363 g/mol. The Morgan fingerprint density at radius 1 is 1.00 bits per heavy atom. The van der Waals surface area contributed by atoms with E-state index in [2.05, 4.69) is 4.98 Å². The van der Waals surface area contributed by atoms with Gasteiger partial charge in [-0.3, -0.25) is 4.79 Å². The summed E-state index contributed by atoms with van der Waals surface area (Å²) in [7, 11) is 0. The molecule has 0 saturated carbocycles. The lowest BCUT2D eigenvalue weighted by Crippen LogP contribution is -2.10. The molecule has 2 aromatic heterocycles. The second-order valence-corrected chi connectivity index (χ2v) is 6.82. The van der Waals surface area contributed by atoms with Gasteiger partial charge in [0.2, 0.25) is 0 Å². The Labute approximate surface area is 152 Å². The van der Waals surface area contributed by atoms with Crippen LogP contribution in [0.4, 0.5) is 10.1 Å². The van der Waals surface area contributed by atoms with Crippen LogP contribution in [0, 0.1) is 5.82 Å². The van der Waals surface area contributed by atoms with Crippen LogP contribution in [0.25, 0.3) is 32.6 Å². The van der Waals surface area contributed by atoms with Crippen LogP contribution >= 0.6 is 11.3 Å². The molecule has 2 heterocycles. The van der Waals surface area contributed by atoms with Gasteiger partial charge in [0.05, 0.1) is 11.4 Å². The first-order valence-corrected chi connectivity index (χ1v) is 8.70. The van der Waals surface area contributed by atoms with E-state index in [1.807, 2.05) is 36.4 Å². The summed E-state index contributed by atoms with van der Waals surface area (Å²) in [6, 6.07) is 17.7. The summed E-state index contributed by atoms with van der Waals surface area (Å²) in [5.74, 6) is -0.887. The molecule has 0 radical (unpaired) electrons. The van der Waals surface area contributed by atoms with Crippen molar-refractivity contribution in [3.05, 3.63) is 71.4 Å². The molecule has 6 heteroatoms. The summed E-state index contributed by atoms with van der Waals surface area (Å²) in [6.07, 6.45) is 0. The molecule has 0 aliphatic carbocycles. The number of thiophene rings is 1. The number of primary amides is 1. The van der Waals surface area contributed by atoms with E-state index in [0.29, 0.717) is 26.5 Å². The topological polar surface area (TPSA) is 82.0 Å². The van der Waals surface area contributed by atoms with Gasteiger partial charge in [0.25, 0.3) is 5.91 Å². The number of hydrogen-bond donors (Lipinski definition) is 2. The number of pyridine rings is 1. The Morgan fingerprint density at radius 2 is 1.69 bits per heavy atom. The third-order valence-corrected chi connectivity index (χ3v) is 5.26. The van der Waals surface area contributed by atoms with E-state index in [1.165, 1.54) is 23.5 Å². The second kappa shape index (κ2) is 6.24. The maximum Gasteiger partial charge on any atom is 0.260 e. The summed E-state index contributed by atoms with van der Waals surface area (Å²) < 4.78 is 13.3. The molecule has 2 aromatic carbocycles. The minimum atomic E-state index is -0.576. The van der Waals surface area contributed by atoms with Crippen molar-refractivity contribution in [2.24, 2.45) is 5.73 Å². The van der Waals surface area contributed by atoms with E-state index in [-0.39, 0.29) is 5.82 Å². The zero-order valence-corrected chi connectivity index (χ0v) is 14.4. The monoisotopic (exact) mass is 363 g/mol. The summed E-state index contributed by atoms with van der Waals surface area (Å²) in [4.78, 5) is 17.3. The van der Waals surface area contributed by atoms with Crippen LogP contribution in [0.3, 0.4) is 0 Å². The largest absolute Gasteiger partial charge is 0.397 e. The molecule has 4 N–H and O–H groups in total. The Morgan fingerprint density at radius 3 is 2.35 bits per heavy atom. The molecule has 1 amide bonds. The number of amides is 1. The van der Waals surface area contributed by atoms with Crippen molar-refractivity contribution in [1.29, 1.82) is 0 Å². The third kappa shape index (κ3) is 2.70. The van der Waals surface area contributed by atoms with Gasteiger partial charge >= 0.3 is 0 Å². The number of nitrogen functional groups attached to an aromatic ring is 1. The standard InChI is InChI=1S/C20H14FN3OS/c21-13-8-6-12(7-9-13)15-10-14(11-4-2-1-3-5-11)16-17(22)18(19(23)25)26-20(16)24-15/h1-10H,22H2,(H2,23,25). The maximum atomic E-state index is 13.3. The Hall–Kier alpha value is -3.25. The van der Waals surface area contributed by atoms with E-state index in [0.717, 1.165) is 16.7 Å². The van der Waals surface area contributed by atoms with Gasteiger partial charge in [-0.1, -0.05) is 30.3 Å². The van der Waals surface area contributed by atoms with Gasteiger partial charge in [0.1, 0.15) is 15.5 Å². The molecule has 0 spiro atoms. The molecular formula is C20H14FN3OS. The van der Waals surface area contributed by atoms with Crippen molar-refractivity contribution < 1.29 is 9.18 Å². The molecule has 0 aliphatic heterocycles. The van der Waals surface area contributed by atoms with E-state index < -0.39 is 5.91 Å². The quantitative estimate of drug-likeness (QED) is 0.564. The van der Waals surface area contributed by atoms with Gasteiger partial charge < -0.3 is 11.5 Å². The first-order chi connectivity index (χ1) is 12.5. The smallest absolute Gasteiger partial charge is 0.260 e. The van der Waals surface area contributed by atoms with Gasteiger partial charge in [-0.05, 0) is 41.5 Å². The fourth-order valence-electron chi connectivity index (χ4n) is 2.92. The van der Waals surface area contributed by atoms with Crippen molar-refractivity contribution in [3.8, 4) is 22.4 Å². The number of nitrogens with two attached hydrogens (primary N) is 2. The molecule has 0 fully saturated rings. The number of anilines is 1.